The summed E-state index contributed by atoms with van der Waals surface area (Å²) >= 11 is 0. The van der Waals surface area contributed by atoms with E-state index in [1.54, 1.807) is 31.2 Å². The van der Waals surface area contributed by atoms with E-state index in [9.17, 15) is 22.4 Å². The van der Waals surface area contributed by atoms with Crippen molar-refractivity contribution in [1.82, 2.24) is 4.57 Å². The number of carbonyl (C=O) groups excluding carboxylic acids is 1. The Balaban J connectivity index is 1.84. The molecule has 0 unspecified atom stereocenters. The molecule has 0 saturated heterocycles. The van der Waals surface area contributed by atoms with Crippen LogP contribution in [0.2, 0.25) is 0 Å². The number of halogens is 1. The Morgan fingerprint density at radius 2 is 1.69 bits per heavy atom. The summed E-state index contributed by atoms with van der Waals surface area (Å²) in [5.74, 6) is -0.877. The van der Waals surface area contributed by atoms with E-state index in [2.05, 4.69) is 5.32 Å². The van der Waals surface area contributed by atoms with E-state index in [0.717, 1.165) is 16.7 Å². The average molecular weight is 493 g/mol. The van der Waals surface area contributed by atoms with Gasteiger partial charge in [-0.05, 0) is 85.5 Å². The van der Waals surface area contributed by atoms with E-state index in [-0.39, 0.29) is 16.8 Å². The van der Waals surface area contributed by atoms with Crippen LogP contribution in [0, 0.1) is 19.7 Å². The molecule has 0 saturated carbocycles. The van der Waals surface area contributed by atoms with Crippen LogP contribution in [-0.4, -0.2) is 18.9 Å². The number of hydrogen-bond donors (Lipinski definition) is 1. The number of aromatic nitrogens is 1. The molecule has 3 aromatic carbocycles. The van der Waals surface area contributed by atoms with Crippen molar-refractivity contribution in [2.24, 2.45) is 0 Å². The maximum Gasteiger partial charge on any atom is 0.244 e. The highest BCUT2D eigenvalue weighted by Crippen LogP contribution is 2.24. The molecule has 4 aromatic rings. The summed E-state index contributed by atoms with van der Waals surface area (Å²) in [6, 6.07) is 15.3. The van der Waals surface area contributed by atoms with Gasteiger partial charge < -0.3 is 9.88 Å². The second kappa shape index (κ2) is 9.46. The zero-order valence-electron chi connectivity index (χ0n) is 19.6. The third-order valence-electron chi connectivity index (χ3n) is 6.04. The molecule has 0 atom stereocenters. The van der Waals surface area contributed by atoms with E-state index in [1.807, 2.05) is 19.9 Å². The SMILES string of the molecule is CCc1ccc2c(c1)c(=O)c(S(=O)(=O)c1ccc(C)c(C)c1)cn2CC(=O)Nc1ccc(F)cc1. The molecule has 1 amide bonds. The number of aryl methyl sites for hydroxylation is 3. The van der Waals surface area contributed by atoms with Crippen molar-refractivity contribution in [3.63, 3.8) is 0 Å². The van der Waals surface area contributed by atoms with E-state index in [0.29, 0.717) is 17.6 Å². The molecule has 0 radical (unpaired) electrons. The molecule has 0 fully saturated rings. The number of nitrogens with one attached hydrogen (secondary N) is 1. The molecule has 0 aliphatic carbocycles. The van der Waals surface area contributed by atoms with Gasteiger partial charge in [0.2, 0.25) is 21.2 Å². The Morgan fingerprint density at radius 1 is 0.971 bits per heavy atom. The average Bonchev–Trinajstić information content (AvgIpc) is 2.83. The number of nitrogens with zero attached hydrogens (tertiary/aromatic N) is 1. The van der Waals surface area contributed by atoms with Crippen molar-refractivity contribution in [1.29, 1.82) is 0 Å². The lowest BCUT2D eigenvalue weighted by atomic mass is 10.1. The lowest BCUT2D eigenvalue weighted by Gasteiger charge is -2.15. The molecule has 180 valence electrons. The van der Waals surface area contributed by atoms with Gasteiger partial charge in [0, 0.05) is 17.3 Å². The predicted molar refractivity (Wildman–Crippen MR) is 134 cm³/mol. The fraction of sp³-hybridized carbons (Fsp3) is 0.185. The van der Waals surface area contributed by atoms with Gasteiger partial charge in [0.25, 0.3) is 0 Å². The van der Waals surface area contributed by atoms with Crippen molar-refractivity contribution in [2.75, 3.05) is 5.32 Å². The van der Waals surface area contributed by atoms with Gasteiger partial charge in [-0.2, -0.15) is 0 Å². The molecule has 8 heteroatoms. The molecule has 0 aliphatic heterocycles. The van der Waals surface area contributed by atoms with Crippen LogP contribution in [-0.2, 0) is 27.6 Å². The fourth-order valence-corrected chi connectivity index (χ4v) is 5.31. The zero-order valence-corrected chi connectivity index (χ0v) is 20.4. The van der Waals surface area contributed by atoms with E-state index in [1.165, 1.54) is 41.1 Å². The van der Waals surface area contributed by atoms with Gasteiger partial charge in [-0.1, -0.05) is 19.1 Å². The minimum absolute atomic E-state index is 0.0195. The topological polar surface area (TPSA) is 85.2 Å². The van der Waals surface area contributed by atoms with Crippen LogP contribution in [0.25, 0.3) is 10.9 Å². The lowest BCUT2D eigenvalue weighted by Crippen LogP contribution is -2.24. The molecular weight excluding hydrogens is 467 g/mol. The number of sulfone groups is 1. The van der Waals surface area contributed by atoms with Crippen molar-refractivity contribution in [2.45, 2.75) is 43.5 Å². The minimum atomic E-state index is -4.15. The molecule has 0 spiro atoms. The van der Waals surface area contributed by atoms with E-state index < -0.39 is 31.9 Å². The first kappa shape index (κ1) is 24.3. The van der Waals surface area contributed by atoms with E-state index in [4.69, 9.17) is 0 Å². The van der Waals surface area contributed by atoms with Gasteiger partial charge in [-0.25, -0.2) is 12.8 Å². The van der Waals surface area contributed by atoms with Crippen LogP contribution in [0.15, 0.2) is 81.4 Å². The maximum absolute atomic E-state index is 13.5. The van der Waals surface area contributed by atoms with Gasteiger partial charge in [-0.3, -0.25) is 9.59 Å². The Bertz CT molecular complexity index is 1610. The zero-order chi connectivity index (χ0) is 25.3. The van der Waals surface area contributed by atoms with Crippen LogP contribution in [0.5, 0.6) is 0 Å². The maximum atomic E-state index is 13.5. The van der Waals surface area contributed by atoms with Crippen molar-refractivity contribution in [3.05, 3.63) is 99.6 Å². The molecule has 1 aromatic heterocycles. The molecule has 6 nitrogen and oxygen atoms in total. The number of benzene rings is 3. The van der Waals surface area contributed by atoms with Gasteiger partial charge in [0.15, 0.2) is 0 Å². The number of rotatable bonds is 6. The Morgan fingerprint density at radius 3 is 2.34 bits per heavy atom. The third kappa shape index (κ3) is 4.88. The number of amides is 1. The standard InChI is InChI=1S/C27H25FN2O4S/c1-4-19-6-12-24-23(14-19)27(32)25(35(33,34)22-11-5-17(2)18(3)13-22)15-30(24)16-26(31)29-21-9-7-20(28)8-10-21/h5-15H,4,16H2,1-3H3,(H,29,31). The number of fused-ring (bicyclic) bond motifs is 1. The Labute approximate surface area is 203 Å². The fourth-order valence-electron chi connectivity index (χ4n) is 3.86. The summed E-state index contributed by atoms with van der Waals surface area (Å²) in [7, 11) is -4.15. The minimum Gasteiger partial charge on any atom is -0.336 e. The molecule has 1 N–H and O–H groups in total. The highest BCUT2D eigenvalue weighted by atomic mass is 32.2. The van der Waals surface area contributed by atoms with Crippen LogP contribution in [0.4, 0.5) is 10.1 Å². The van der Waals surface area contributed by atoms with Crippen molar-refractivity contribution < 1.29 is 17.6 Å². The summed E-state index contributed by atoms with van der Waals surface area (Å²) in [5.41, 5.74) is 2.84. The second-order valence-corrected chi connectivity index (χ2v) is 10.4. The van der Waals surface area contributed by atoms with Gasteiger partial charge >= 0.3 is 0 Å². The predicted octanol–water partition coefficient (Wildman–Crippen LogP) is 4.79. The second-order valence-electron chi connectivity index (χ2n) is 8.46. The molecule has 35 heavy (non-hydrogen) atoms. The van der Waals surface area contributed by atoms with Gasteiger partial charge in [-0.15, -0.1) is 0 Å². The molecule has 0 aliphatic rings. The number of hydrogen-bond acceptors (Lipinski definition) is 4. The summed E-state index contributed by atoms with van der Waals surface area (Å²) in [4.78, 5) is 25.8. The molecule has 1 heterocycles. The summed E-state index contributed by atoms with van der Waals surface area (Å²) in [5, 5.41) is 2.89. The lowest BCUT2D eigenvalue weighted by molar-refractivity contribution is -0.116. The molecule has 0 bridgehead atoms. The molecule has 4 rings (SSSR count). The highest BCUT2D eigenvalue weighted by molar-refractivity contribution is 7.91. The largest absolute Gasteiger partial charge is 0.336 e. The van der Waals surface area contributed by atoms with Gasteiger partial charge in [0.1, 0.15) is 17.3 Å². The first-order valence-electron chi connectivity index (χ1n) is 11.1. The summed E-state index contributed by atoms with van der Waals surface area (Å²) in [6.07, 6.45) is 1.89. The smallest absolute Gasteiger partial charge is 0.244 e. The first-order chi connectivity index (χ1) is 16.6. The monoisotopic (exact) mass is 492 g/mol. The first-order valence-corrected chi connectivity index (χ1v) is 12.6. The van der Waals surface area contributed by atoms with Crippen LogP contribution in [0.3, 0.4) is 0 Å². The quantitative estimate of drug-likeness (QED) is 0.419. The third-order valence-corrected chi connectivity index (χ3v) is 7.78. The summed E-state index contributed by atoms with van der Waals surface area (Å²) in [6.45, 7) is 5.38. The Kier molecular flexibility index (Phi) is 6.58. The van der Waals surface area contributed by atoms with Crippen LogP contribution in [0.1, 0.15) is 23.6 Å². The van der Waals surface area contributed by atoms with Crippen molar-refractivity contribution >= 4 is 32.3 Å². The molecular formula is C27H25FN2O4S. The van der Waals surface area contributed by atoms with E-state index >= 15 is 0 Å². The highest BCUT2D eigenvalue weighted by Gasteiger charge is 2.25. The number of anilines is 1. The van der Waals surface area contributed by atoms with Crippen LogP contribution < -0.4 is 10.7 Å². The normalized spacial score (nSPS) is 11.5. The number of pyridine rings is 1. The van der Waals surface area contributed by atoms with Crippen LogP contribution >= 0.6 is 0 Å². The summed E-state index contributed by atoms with van der Waals surface area (Å²) < 4.78 is 41.7. The van der Waals surface area contributed by atoms with Crippen molar-refractivity contribution in [3.8, 4) is 0 Å². The Hall–Kier alpha value is -3.78. The number of carbonyl (C=O) groups is 1. The van der Waals surface area contributed by atoms with Gasteiger partial charge in [0.05, 0.1) is 10.4 Å².